The van der Waals surface area contributed by atoms with Crippen LogP contribution in [-0.2, 0) is 10.0 Å². The molecule has 112 valence electrons. The molecule has 0 aliphatic carbocycles. The van der Waals surface area contributed by atoms with Crippen molar-refractivity contribution >= 4 is 20.8 Å². The number of rotatable bonds is 3. The van der Waals surface area contributed by atoms with Gasteiger partial charge in [0.05, 0.1) is 4.90 Å². The lowest BCUT2D eigenvalue weighted by atomic mass is 10.00. The Bertz CT molecular complexity index is 729. The first-order chi connectivity index (χ1) is 10.1. The molecular weight excluding hydrogens is 286 g/mol. The maximum absolute atomic E-state index is 12.9. The van der Waals surface area contributed by atoms with E-state index in [0.29, 0.717) is 18.0 Å². The summed E-state index contributed by atoms with van der Waals surface area (Å²) < 4.78 is 27.3. The highest BCUT2D eigenvalue weighted by Crippen LogP contribution is 2.28. The van der Waals surface area contributed by atoms with E-state index in [1.807, 2.05) is 30.3 Å². The molecule has 2 aromatic carbocycles. The molecule has 0 aromatic heterocycles. The van der Waals surface area contributed by atoms with Gasteiger partial charge in [0.2, 0.25) is 10.0 Å². The van der Waals surface area contributed by atoms with Crippen molar-refractivity contribution in [2.24, 2.45) is 5.92 Å². The normalized spacial score (nSPS) is 18.1. The molecule has 4 nitrogen and oxygen atoms in total. The van der Waals surface area contributed by atoms with E-state index in [-0.39, 0.29) is 12.5 Å². The van der Waals surface area contributed by atoms with Gasteiger partial charge in [-0.2, -0.15) is 4.31 Å². The molecule has 0 atom stereocenters. The van der Waals surface area contributed by atoms with E-state index < -0.39 is 10.0 Å². The molecule has 21 heavy (non-hydrogen) atoms. The van der Waals surface area contributed by atoms with Crippen LogP contribution in [0.1, 0.15) is 12.8 Å². The third kappa shape index (κ3) is 2.69. The van der Waals surface area contributed by atoms with E-state index in [1.54, 1.807) is 16.4 Å². The maximum atomic E-state index is 12.9. The molecular formula is C16H19NO3S. The minimum absolute atomic E-state index is 0.141. The van der Waals surface area contributed by atoms with Gasteiger partial charge >= 0.3 is 0 Å². The van der Waals surface area contributed by atoms with E-state index in [1.165, 1.54) is 0 Å². The number of aliphatic hydroxyl groups excluding tert-OH is 1. The molecule has 1 heterocycles. The standard InChI is InChI=1S/C16H19NO3S/c18-12-13-8-10-17(11-9-13)21(19,20)16-7-3-5-14-4-1-2-6-15(14)16/h1-7,13,18H,8-12H2. The van der Waals surface area contributed by atoms with E-state index in [9.17, 15) is 13.5 Å². The third-order valence-corrected chi connectivity index (χ3v) is 6.16. The second-order valence-electron chi connectivity index (χ2n) is 5.51. The van der Waals surface area contributed by atoms with E-state index >= 15 is 0 Å². The van der Waals surface area contributed by atoms with Crippen LogP contribution in [0.2, 0.25) is 0 Å². The van der Waals surface area contributed by atoms with Gasteiger partial charge < -0.3 is 5.11 Å². The minimum Gasteiger partial charge on any atom is -0.396 e. The largest absolute Gasteiger partial charge is 0.396 e. The summed E-state index contributed by atoms with van der Waals surface area (Å²) in [7, 11) is -3.47. The van der Waals surface area contributed by atoms with Crippen LogP contribution in [0.4, 0.5) is 0 Å². The van der Waals surface area contributed by atoms with Crippen LogP contribution in [0.5, 0.6) is 0 Å². The Balaban J connectivity index is 1.98. The average molecular weight is 305 g/mol. The Morgan fingerprint density at radius 1 is 1.05 bits per heavy atom. The van der Waals surface area contributed by atoms with Crippen molar-refractivity contribution in [3.8, 4) is 0 Å². The monoisotopic (exact) mass is 305 g/mol. The van der Waals surface area contributed by atoms with Crippen LogP contribution in [0.15, 0.2) is 47.4 Å². The van der Waals surface area contributed by atoms with Crippen LogP contribution in [0.3, 0.4) is 0 Å². The number of nitrogens with zero attached hydrogens (tertiary/aromatic N) is 1. The molecule has 5 heteroatoms. The Labute approximate surface area is 125 Å². The second kappa shape index (κ2) is 5.75. The summed E-state index contributed by atoms with van der Waals surface area (Å²) >= 11 is 0. The van der Waals surface area contributed by atoms with Gasteiger partial charge in [-0.1, -0.05) is 36.4 Å². The van der Waals surface area contributed by atoms with Crippen molar-refractivity contribution in [1.29, 1.82) is 0 Å². The molecule has 1 N–H and O–H groups in total. The van der Waals surface area contributed by atoms with Gasteiger partial charge in [-0.05, 0) is 30.2 Å². The van der Waals surface area contributed by atoms with E-state index in [2.05, 4.69) is 0 Å². The van der Waals surface area contributed by atoms with Gasteiger partial charge in [-0.15, -0.1) is 0 Å². The summed E-state index contributed by atoms with van der Waals surface area (Å²) in [4.78, 5) is 0.378. The van der Waals surface area contributed by atoms with Crippen LogP contribution in [0.25, 0.3) is 10.8 Å². The maximum Gasteiger partial charge on any atom is 0.243 e. The predicted molar refractivity (Wildman–Crippen MR) is 82.5 cm³/mol. The molecule has 0 spiro atoms. The Hall–Kier alpha value is -1.43. The first-order valence-electron chi connectivity index (χ1n) is 7.21. The third-order valence-electron chi connectivity index (χ3n) is 4.20. The van der Waals surface area contributed by atoms with E-state index in [0.717, 1.165) is 23.6 Å². The molecule has 1 aliphatic heterocycles. The van der Waals surface area contributed by atoms with Crippen molar-refractivity contribution < 1.29 is 13.5 Å². The fourth-order valence-corrected chi connectivity index (χ4v) is 4.58. The van der Waals surface area contributed by atoms with Crippen molar-refractivity contribution in [2.75, 3.05) is 19.7 Å². The van der Waals surface area contributed by atoms with Crippen molar-refractivity contribution in [2.45, 2.75) is 17.7 Å². The number of sulfonamides is 1. The predicted octanol–water partition coefficient (Wildman–Crippen LogP) is 2.23. The van der Waals surface area contributed by atoms with Crippen LogP contribution >= 0.6 is 0 Å². The fraction of sp³-hybridized carbons (Fsp3) is 0.375. The molecule has 0 radical (unpaired) electrons. The SMILES string of the molecule is O=S(=O)(c1cccc2ccccc12)N1CCC(CO)CC1. The number of piperidine rings is 1. The molecule has 1 aliphatic rings. The smallest absolute Gasteiger partial charge is 0.243 e. The van der Waals surface area contributed by atoms with Gasteiger partial charge in [0.15, 0.2) is 0 Å². The average Bonchev–Trinajstić information content (AvgIpc) is 2.54. The lowest BCUT2D eigenvalue weighted by molar-refractivity contribution is 0.170. The zero-order valence-electron chi connectivity index (χ0n) is 11.8. The molecule has 2 aromatic rings. The minimum atomic E-state index is -3.47. The van der Waals surface area contributed by atoms with Gasteiger partial charge in [-0.25, -0.2) is 8.42 Å². The lowest BCUT2D eigenvalue weighted by Gasteiger charge is -2.30. The summed E-state index contributed by atoms with van der Waals surface area (Å²) in [6.07, 6.45) is 1.45. The summed E-state index contributed by atoms with van der Waals surface area (Å²) in [5.41, 5.74) is 0. The summed E-state index contributed by atoms with van der Waals surface area (Å²) in [5, 5.41) is 10.9. The van der Waals surface area contributed by atoms with Crippen LogP contribution in [0, 0.1) is 5.92 Å². The molecule has 1 saturated heterocycles. The first kappa shape index (κ1) is 14.5. The topological polar surface area (TPSA) is 57.6 Å². The highest BCUT2D eigenvalue weighted by atomic mass is 32.2. The fourth-order valence-electron chi connectivity index (χ4n) is 2.89. The summed E-state index contributed by atoms with van der Waals surface area (Å²) in [6, 6.07) is 12.9. The highest BCUT2D eigenvalue weighted by Gasteiger charge is 2.30. The van der Waals surface area contributed by atoms with Crippen LogP contribution in [-0.4, -0.2) is 37.5 Å². The molecule has 0 saturated carbocycles. The van der Waals surface area contributed by atoms with E-state index in [4.69, 9.17) is 0 Å². The van der Waals surface area contributed by atoms with Crippen molar-refractivity contribution in [1.82, 2.24) is 4.31 Å². The van der Waals surface area contributed by atoms with Gasteiger partial charge in [0, 0.05) is 25.1 Å². The lowest BCUT2D eigenvalue weighted by Crippen LogP contribution is -2.39. The number of hydrogen-bond donors (Lipinski definition) is 1. The quantitative estimate of drug-likeness (QED) is 0.946. The second-order valence-corrected chi connectivity index (χ2v) is 7.41. The molecule has 0 unspecified atom stereocenters. The molecule has 0 bridgehead atoms. The zero-order valence-corrected chi connectivity index (χ0v) is 12.6. The van der Waals surface area contributed by atoms with Gasteiger partial charge in [0.25, 0.3) is 0 Å². The zero-order chi connectivity index (χ0) is 14.9. The molecule has 3 rings (SSSR count). The Kier molecular flexibility index (Phi) is 3.97. The number of hydrogen-bond acceptors (Lipinski definition) is 3. The van der Waals surface area contributed by atoms with Gasteiger partial charge in [-0.3, -0.25) is 0 Å². The number of fused-ring (bicyclic) bond motifs is 1. The summed E-state index contributed by atoms with van der Waals surface area (Å²) in [5.74, 6) is 0.226. The van der Waals surface area contributed by atoms with Crippen LogP contribution < -0.4 is 0 Å². The first-order valence-corrected chi connectivity index (χ1v) is 8.65. The molecule has 1 fully saturated rings. The van der Waals surface area contributed by atoms with Crippen molar-refractivity contribution in [3.05, 3.63) is 42.5 Å². The Morgan fingerprint density at radius 2 is 1.71 bits per heavy atom. The summed E-state index contributed by atoms with van der Waals surface area (Å²) in [6.45, 7) is 1.11. The molecule has 0 amide bonds. The number of benzene rings is 2. The highest BCUT2D eigenvalue weighted by molar-refractivity contribution is 7.89. The number of aliphatic hydroxyl groups is 1. The van der Waals surface area contributed by atoms with Gasteiger partial charge in [0.1, 0.15) is 0 Å². The van der Waals surface area contributed by atoms with Crippen molar-refractivity contribution in [3.63, 3.8) is 0 Å². The Morgan fingerprint density at radius 3 is 2.43 bits per heavy atom.